The molecule has 0 spiro atoms. The molecule has 0 aliphatic rings. The van der Waals surface area contributed by atoms with E-state index in [0.717, 1.165) is 5.52 Å². The van der Waals surface area contributed by atoms with Crippen LogP contribution in [0.4, 0.5) is 10.7 Å². The number of para-hydroxylation sites is 2. The van der Waals surface area contributed by atoms with Crippen LogP contribution in [0.3, 0.4) is 0 Å². The van der Waals surface area contributed by atoms with Crippen molar-refractivity contribution in [2.45, 2.75) is 13.0 Å². The molecule has 114 valence electrons. The van der Waals surface area contributed by atoms with E-state index in [-0.39, 0.29) is 24.7 Å². The normalized spacial score (nSPS) is 11.5. The number of imidazole rings is 1. The minimum Gasteiger partial charge on any atom is -0.453 e. The summed E-state index contributed by atoms with van der Waals surface area (Å²) in [6, 6.07) is 7.19. The molecule has 0 saturated heterocycles. The lowest BCUT2D eigenvalue weighted by atomic mass is 10.3. The first-order valence-electron chi connectivity index (χ1n) is 6.16. The molecule has 1 amide bonds. The molecule has 8 nitrogen and oxygen atoms in total. The van der Waals surface area contributed by atoms with Gasteiger partial charge in [0.05, 0.1) is 23.9 Å². The second-order valence-electron chi connectivity index (χ2n) is 4.33. The van der Waals surface area contributed by atoms with Crippen LogP contribution >= 0.6 is 0 Å². The number of aryl methyl sites for hydroxylation is 1. The van der Waals surface area contributed by atoms with Crippen LogP contribution in [-0.2, 0) is 21.4 Å². The highest BCUT2D eigenvalue weighted by Gasteiger charge is 2.14. The van der Waals surface area contributed by atoms with Gasteiger partial charge in [-0.2, -0.15) is 8.42 Å². The average molecular weight is 313 g/mol. The summed E-state index contributed by atoms with van der Waals surface area (Å²) < 4.78 is 36.5. The maximum Gasteiger partial charge on any atom is 0.413 e. The third-order valence-electron chi connectivity index (χ3n) is 2.84. The Morgan fingerprint density at radius 3 is 2.81 bits per heavy atom. The number of amides is 1. The second kappa shape index (κ2) is 6.10. The first kappa shape index (κ1) is 15.3. The molecule has 1 aromatic heterocycles. The lowest BCUT2D eigenvalue weighted by Crippen LogP contribution is -2.16. The van der Waals surface area contributed by atoms with E-state index in [0.29, 0.717) is 5.52 Å². The van der Waals surface area contributed by atoms with Crippen molar-refractivity contribution in [1.82, 2.24) is 9.55 Å². The van der Waals surface area contributed by atoms with E-state index in [1.54, 1.807) is 22.8 Å². The minimum absolute atomic E-state index is 0.190. The zero-order chi connectivity index (χ0) is 15.5. The number of rotatable bonds is 5. The number of fused-ring (bicyclic) bond motifs is 1. The van der Waals surface area contributed by atoms with E-state index in [9.17, 15) is 13.2 Å². The summed E-state index contributed by atoms with van der Waals surface area (Å²) >= 11 is 0. The van der Waals surface area contributed by atoms with Crippen LogP contribution in [0.15, 0.2) is 24.3 Å². The molecule has 0 bridgehead atoms. The highest BCUT2D eigenvalue weighted by Crippen LogP contribution is 2.20. The lowest BCUT2D eigenvalue weighted by molar-refractivity contribution is 0.186. The number of hydrogen-bond donors (Lipinski definition) is 2. The molecule has 0 aliphatic carbocycles. The number of methoxy groups -OCH3 is 1. The van der Waals surface area contributed by atoms with Crippen molar-refractivity contribution in [2.75, 3.05) is 18.2 Å². The van der Waals surface area contributed by atoms with E-state index in [4.69, 9.17) is 4.55 Å². The quantitative estimate of drug-likeness (QED) is 0.809. The molecule has 9 heteroatoms. The zero-order valence-corrected chi connectivity index (χ0v) is 12.1. The van der Waals surface area contributed by atoms with Crippen molar-refractivity contribution < 1.29 is 22.5 Å². The molecule has 0 fully saturated rings. The maximum absolute atomic E-state index is 11.3. The average Bonchev–Trinajstić information content (AvgIpc) is 2.75. The minimum atomic E-state index is -4.02. The SMILES string of the molecule is COC(=O)Nc1nc2ccccc2n1CCCS(=O)(=O)O. The van der Waals surface area contributed by atoms with Crippen molar-refractivity contribution in [2.24, 2.45) is 0 Å². The molecule has 0 unspecified atom stereocenters. The Morgan fingerprint density at radius 1 is 1.43 bits per heavy atom. The van der Waals surface area contributed by atoms with Gasteiger partial charge in [0.25, 0.3) is 10.1 Å². The monoisotopic (exact) mass is 313 g/mol. The fraction of sp³-hybridized carbons (Fsp3) is 0.333. The molecule has 1 aromatic carbocycles. The van der Waals surface area contributed by atoms with E-state index in [1.165, 1.54) is 7.11 Å². The molecule has 0 aliphatic heterocycles. The number of nitrogens with zero attached hydrogens (tertiary/aromatic N) is 2. The standard InChI is InChI=1S/C12H15N3O5S/c1-20-12(16)14-11-13-9-5-2-3-6-10(9)15(11)7-4-8-21(17,18)19/h2-3,5-6H,4,7-8H2,1H3,(H,13,14,16)(H,17,18,19). The van der Waals surface area contributed by atoms with E-state index < -0.39 is 16.2 Å². The Morgan fingerprint density at radius 2 is 2.14 bits per heavy atom. The third kappa shape index (κ3) is 3.92. The number of carbonyl (C=O) groups excluding carboxylic acids is 1. The second-order valence-corrected chi connectivity index (χ2v) is 5.90. The molecule has 1 heterocycles. The van der Waals surface area contributed by atoms with Crippen molar-refractivity contribution in [3.8, 4) is 0 Å². The van der Waals surface area contributed by atoms with Gasteiger partial charge < -0.3 is 9.30 Å². The number of ether oxygens (including phenoxy) is 1. The molecule has 2 N–H and O–H groups in total. The van der Waals surface area contributed by atoms with Gasteiger partial charge in [-0.15, -0.1) is 0 Å². The third-order valence-corrected chi connectivity index (χ3v) is 3.64. The molecule has 2 rings (SSSR count). The zero-order valence-electron chi connectivity index (χ0n) is 11.3. The van der Waals surface area contributed by atoms with Crippen LogP contribution < -0.4 is 5.32 Å². The Bertz CT molecular complexity index is 753. The van der Waals surface area contributed by atoms with Gasteiger partial charge in [0.2, 0.25) is 5.95 Å². The fourth-order valence-electron chi connectivity index (χ4n) is 1.94. The van der Waals surface area contributed by atoms with Crippen LogP contribution in [0.2, 0.25) is 0 Å². The van der Waals surface area contributed by atoms with Crippen LogP contribution in [0, 0.1) is 0 Å². The summed E-state index contributed by atoms with van der Waals surface area (Å²) in [5, 5.41) is 2.48. The van der Waals surface area contributed by atoms with Crippen molar-refractivity contribution in [1.29, 1.82) is 0 Å². The molecule has 2 aromatic rings. The van der Waals surface area contributed by atoms with Crippen LogP contribution in [0.5, 0.6) is 0 Å². The van der Waals surface area contributed by atoms with Gasteiger partial charge in [0, 0.05) is 6.54 Å². The smallest absolute Gasteiger partial charge is 0.413 e. The molecule has 0 radical (unpaired) electrons. The number of aromatic nitrogens is 2. The number of benzene rings is 1. The summed E-state index contributed by atoms with van der Waals surface area (Å²) in [5.41, 5.74) is 1.41. The summed E-state index contributed by atoms with van der Waals surface area (Å²) in [5.74, 6) is -0.102. The Balaban J connectivity index is 2.29. The van der Waals surface area contributed by atoms with Gasteiger partial charge in [-0.25, -0.2) is 9.78 Å². The lowest BCUT2D eigenvalue weighted by Gasteiger charge is -2.08. The number of nitrogens with one attached hydrogen (secondary N) is 1. The van der Waals surface area contributed by atoms with Gasteiger partial charge in [-0.1, -0.05) is 12.1 Å². The van der Waals surface area contributed by atoms with Gasteiger partial charge in [-0.05, 0) is 18.6 Å². The summed E-state index contributed by atoms with van der Waals surface area (Å²) in [6.07, 6.45) is -0.476. The number of anilines is 1. The molecule has 0 atom stereocenters. The van der Waals surface area contributed by atoms with Crippen molar-refractivity contribution >= 4 is 33.2 Å². The first-order valence-corrected chi connectivity index (χ1v) is 7.77. The Kier molecular flexibility index (Phi) is 4.43. The van der Waals surface area contributed by atoms with Crippen LogP contribution in [0.25, 0.3) is 11.0 Å². The Labute approximate surface area is 121 Å². The van der Waals surface area contributed by atoms with E-state index in [1.807, 2.05) is 6.07 Å². The summed E-state index contributed by atoms with van der Waals surface area (Å²) in [7, 11) is -2.78. The molecular formula is C12H15N3O5S. The van der Waals surface area contributed by atoms with Crippen molar-refractivity contribution in [3.05, 3.63) is 24.3 Å². The number of carbonyl (C=O) groups is 1. The van der Waals surface area contributed by atoms with E-state index >= 15 is 0 Å². The number of hydrogen-bond acceptors (Lipinski definition) is 5. The van der Waals surface area contributed by atoms with Crippen molar-refractivity contribution in [3.63, 3.8) is 0 Å². The predicted octanol–water partition coefficient (Wildman–Crippen LogP) is 1.49. The first-order chi connectivity index (χ1) is 9.90. The van der Waals surface area contributed by atoms with Crippen LogP contribution in [0.1, 0.15) is 6.42 Å². The molecular weight excluding hydrogens is 298 g/mol. The van der Waals surface area contributed by atoms with Gasteiger partial charge in [0.1, 0.15) is 0 Å². The van der Waals surface area contributed by atoms with Gasteiger partial charge in [0.15, 0.2) is 0 Å². The highest BCUT2D eigenvalue weighted by molar-refractivity contribution is 7.85. The molecule has 0 saturated carbocycles. The highest BCUT2D eigenvalue weighted by atomic mass is 32.2. The maximum atomic E-state index is 11.3. The Hall–Kier alpha value is -2.13. The largest absolute Gasteiger partial charge is 0.453 e. The summed E-state index contributed by atoms with van der Waals surface area (Å²) in [4.78, 5) is 15.6. The van der Waals surface area contributed by atoms with Gasteiger partial charge >= 0.3 is 6.09 Å². The van der Waals surface area contributed by atoms with Gasteiger partial charge in [-0.3, -0.25) is 9.87 Å². The van der Waals surface area contributed by atoms with Crippen LogP contribution in [-0.4, -0.2) is 41.5 Å². The van der Waals surface area contributed by atoms with E-state index in [2.05, 4.69) is 15.0 Å². The topological polar surface area (TPSA) is 111 Å². The summed E-state index contributed by atoms with van der Waals surface area (Å²) in [6.45, 7) is 0.277. The fourth-order valence-corrected chi connectivity index (χ4v) is 2.44. The molecule has 21 heavy (non-hydrogen) atoms. The predicted molar refractivity (Wildman–Crippen MR) is 76.8 cm³/mol.